The lowest BCUT2D eigenvalue weighted by atomic mass is 10.1. The topological polar surface area (TPSA) is 50.2 Å². The van der Waals surface area contributed by atoms with Crippen LogP contribution in [0.15, 0.2) is 35.4 Å². The fourth-order valence-corrected chi connectivity index (χ4v) is 1.88. The van der Waals surface area contributed by atoms with Crippen LogP contribution in [0.4, 0.5) is 5.82 Å². The molecule has 4 nitrogen and oxygen atoms in total. The molecular formula is C12H9Cl3N4. The molecule has 0 amide bonds. The summed E-state index contributed by atoms with van der Waals surface area (Å²) in [7, 11) is 0. The maximum atomic E-state index is 6.08. The summed E-state index contributed by atoms with van der Waals surface area (Å²) in [5.41, 5.74) is 4.21. The third-order valence-electron chi connectivity index (χ3n) is 2.29. The van der Waals surface area contributed by atoms with E-state index in [9.17, 15) is 0 Å². The van der Waals surface area contributed by atoms with Crippen LogP contribution in [0, 0.1) is 0 Å². The molecule has 2 aromatic rings. The molecule has 0 bridgehead atoms. The van der Waals surface area contributed by atoms with Crippen molar-refractivity contribution < 1.29 is 0 Å². The minimum Gasteiger partial charge on any atom is -0.260 e. The van der Waals surface area contributed by atoms with Crippen molar-refractivity contribution in [3.63, 3.8) is 0 Å². The van der Waals surface area contributed by atoms with Crippen LogP contribution < -0.4 is 5.43 Å². The third-order valence-corrected chi connectivity index (χ3v) is 3.05. The molecule has 0 unspecified atom stereocenters. The summed E-state index contributed by atoms with van der Waals surface area (Å²) in [5.74, 6) is 0.488. The number of hydrazone groups is 1. The van der Waals surface area contributed by atoms with Crippen LogP contribution in [0.1, 0.15) is 12.5 Å². The Morgan fingerprint density at radius 3 is 2.58 bits per heavy atom. The molecule has 1 N–H and O–H groups in total. The van der Waals surface area contributed by atoms with Crippen LogP contribution in [0.2, 0.25) is 15.2 Å². The third kappa shape index (κ3) is 3.80. The molecular weight excluding hydrogens is 307 g/mol. The second-order valence-corrected chi connectivity index (χ2v) is 4.91. The number of hydrogen-bond acceptors (Lipinski definition) is 4. The minimum atomic E-state index is 0.323. The first-order valence-corrected chi connectivity index (χ1v) is 6.44. The molecule has 0 saturated carbocycles. The van der Waals surface area contributed by atoms with Gasteiger partial charge >= 0.3 is 0 Å². The van der Waals surface area contributed by atoms with Gasteiger partial charge in [-0.25, -0.2) is 0 Å². The molecule has 0 spiro atoms. The van der Waals surface area contributed by atoms with E-state index in [1.54, 1.807) is 30.3 Å². The Balaban J connectivity index is 2.19. The van der Waals surface area contributed by atoms with Crippen molar-refractivity contribution in [1.82, 2.24) is 10.2 Å². The van der Waals surface area contributed by atoms with E-state index in [0.717, 1.165) is 5.56 Å². The van der Waals surface area contributed by atoms with Gasteiger partial charge in [0, 0.05) is 15.6 Å². The maximum absolute atomic E-state index is 6.08. The van der Waals surface area contributed by atoms with Gasteiger partial charge in [-0.2, -0.15) is 5.10 Å². The summed E-state index contributed by atoms with van der Waals surface area (Å²) < 4.78 is 0. The van der Waals surface area contributed by atoms with E-state index in [4.69, 9.17) is 34.8 Å². The normalized spacial score (nSPS) is 11.5. The zero-order valence-corrected chi connectivity index (χ0v) is 12.1. The van der Waals surface area contributed by atoms with E-state index < -0.39 is 0 Å². The molecule has 0 atom stereocenters. The van der Waals surface area contributed by atoms with Crippen LogP contribution in [-0.2, 0) is 0 Å². The second-order valence-electron chi connectivity index (χ2n) is 3.67. The highest BCUT2D eigenvalue weighted by atomic mass is 35.5. The average Bonchev–Trinajstić information content (AvgIpc) is 2.40. The molecule has 0 fully saturated rings. The van der Waals surface area contributed by atoms with Gasteiger partial charge < -0.3 is 0 Å². The Morgan fingerprint density at radius 1 is 1.11 bits per heavy atom. The maximum Gasteiger partial charge on any atom is 0.168 e. The Labute approximate surface area is 125 Å². The van der Waals surface area contributed by atoms with Crippen molar-refractivity contribution in [3.8, 4) is 0 Å². The molecule has 1 aromatic carbocycles. The predicted octanol–water partition coefficient (Wildman–Crippen LogP) is 4.27. The number of rotatable bonds is 3. The van der Waals surface area contributed by atoms with Gasteiger partial charge in [-0.1, -0.05) is 34.8 Å². The lowest BCUT2D eigenvalue weighted by Gasteiger charge is -2.05. The quantitative estimate of drug-likeness (QED) is 0.679. The van der Waals surface area contributed by atoms with Gasteiger partial charge in [0.05, 0.1) is 5.71 Å². The second kappa shape index (κ2) is 6.19. The smallest absolute Gasteiger partial charge is 0.168 e. The largest absolute Gasteiger partial charge is 0.260 e. The van der Waals surface area contributed by atoms with Crippen molar-refractivity contribution in [2.24, 2.45) is 5.10 Å². The Morgan fingerprint density at radius 2 is 1.89 bits per heavy atom. The van der Waals surface area contributed by atoms with Gasteiger partial charge in [-0.05, 0) is 37.3 Å². The van der Waals surface area contributed by atoms with E-state index in [1.165, 1.54) is 0 Å². The summed E-state index contributed by atoms with van der Waals surface area (Å²) in [5, 5.41) is 13.2. The molecule has 7 heteroatoms. The molecule has 0 aliphatic rings. The number of nitrogens with one attached hydrogen (secondary N) is 1. The van der Waals surface area contributed by atoms with Crippen molar-refractivity contribution >= 4 is 46.3 Å². The van der Waals surface area contributed by atoms with Gasteiger partial charge in [-0.15, -0.1) is 10.2 Å². The van der Waals surface area contributed by atoms with E-state index in [2.05, 4.69) is 20.7 Å². The van der Waals surface area contributed by atoms with Crippen LogP contribution >= 0.6 is 34.8 Å². The number of benzene rings is 1. The Bertz CT molecular complexity index is 611. The Hall–Kier alpha value is -1.36. The molecule has 1 aromatic heterocycles. The molecule has 1 heterocycles. The number of nitrogens with zero attached hydrogens (tertiary/aromatic N) is 3. The highest BCUT2D eigenvalue weighted by Gasteiger charge is 2.05. The van der Waals surface area contributed by atoms with E-state index in [0.29, 0.717) is 26.7 Å². The predicted molar refractivity (Wildman–Crippen MR) is 79.3 cm³/mol. The van der Waals surface area contributed by atoms with Crippen LogP contribution in [0.25, 0.3) is 0 Å². The summed E-state index contributed by atoms with van der Waals surface area (Å²) >= 11 is 17.6. The standard InChI is InChI=1S/C12H9Cl3N4/c1-7(9-6-8(13)2-3-10(9)14)16-18-12-5-4-11(15)17-19-12/h2-6H,1H3,(H,18,19)/b16-7+. The van der Waals surface area contributed by atoms with Crippen LogP contribution in [0.5, 0.6) is 0 Å². The summed E-state index contributed by atoms with van der Waals surface area (Å²) in [4.78, 5) is 0. The first-order chi connectivity index (χ1) is 9.06. The molecule has 19 heavy (non-hydrogen) atoms. The van der Waals surface area contributed by atoms with Crippen LogP contribution in [0.3, 0.4) is 0 Å². The zero-order chi connectivity index (χ0) is 13.8. The molecule has 0 radical (unpaired) electrons. The number of anilines is 1. The van der Waals surface area contributed by atoms with E-state index >= 15 is 0 Å². The van der Waals surface area contributed by atoms with Gasteiger partial charge in [0.1, 0.15) is 0 Å². The minimum absolute atomic E-state index is 0.323. The van der Waals surface area contributed by atoms with Crippen molar-refractivity contribution in [2.45, 2.75) is 6.92 Å². The summed E-state index contributed by atoms with van der Waals surface area (Å²) in [6, 6.07) is 8.48. The monoisotopic (exact) mass is 314 g/mol. The highest BCUT2D eigenvalue weighted by Crippen LogP contribution is 2.21. The zero-order valence-electron chi connectivity index (χ0n) is 9.86. The lowest BCUT2D eigenvalue weighted by Crippen LogP contribution is -2.02. The average molecular weight is 316 g/mol. The first kappa shape index (κ1) is 14.1. The number of aromatic nitrogens is 2. The molecule has 2 rings (SSSR count). The number of halogens is 3. The van der Waals surface area contributed by atoms with Gasteiger partial charge in [0.2, 0.25) is 0 Å². The summed E-state index contributed by atoms with van der Waals surface area (Å²) in [6.07, 6.45) is 0. The fourth-order valence-electron chi connectivity index (χ4n) is 1.35. The SMILES string of the molecule is C/C(=N\Nc1ccc(Cl)nn1)c1cc(Cl)ccc1Cl. The number of hydrogen-bond donors (Lipinski definition) is 1. The van der Waals surface area contributed by atoms with Gasteiger partial charge in [0.15, 0.2) is 11.0 Å². The van der Waals surface area contributed by atoms with Crippen molar-refractivity contribution in [2.75, 3.05) is 5.43 Å². The summed E-state index contributed by atoms with van der Waals surface area (Å²) in [6.45, 7) is 1.81. The molecule has 0 aliphatic heterocycles. The first-order valence-electron chi connectivity index (χ1n) is 5.31. The van der Waals surface area contributed by atoms with Gasteiger partial charge in [0.25, 0.3) is 0 Å². The Kier molecular flexibility index (Phi) is 4.58. The molecule has 0 saturated heterocycles. The highest BCUT2D eigenvalue weighted by molar-refractivity contribution is 6.36. The molecule has 98 valence electrons. The lowest BCUT2D eigenvalue weighted by molar-refractivity contribution is 1.02. The van der Waals surface area contributed by atoms with Crippen molar-refractivity contribution in [3.05, 3.63) is 51.1 Å². The van der Waals surface area contributed by atoms with Crippen molar-refractivity contribution in [1.29, 1.82) is 0 Å². The fraction of sp³-hybridized carbons (Fsp3) is 0.0833. The van der Waals surface area contributed by atoms with E-state index in [-0.39, 0.29) is 0 Å². The molecule has 0 aliphatic carbocycles. The van der Waals surface area contributed by atoms with E-state index in [1.807, 2.05) is 6.92 Å². The van der Waals surface area contributed by atoms with Gasteiger partial charge in [-0.3, -0.25) is 5.43 Å². The van der Waals surface area contributed by atoms with Crippen LogP contribution in [-0.4, -0.2) is 15.9 Å².